The van der Waals surface area contributed by atoms with Crippen molar-refractivity contribution in [2.24, 2.45) is 0 Å². The van der Waals surface area contributed by atoms with E-state index in [0.717, 1.165) is 17.3 Å². The predicted octanol–water partition coefficient (Wildman–Crippen LogP) is 3.17. The van der Waals surface area contributed by atoms with Gasteiger partial charge in [-0.3, -0.25) is 14.5 Å². The number of ether oxygens (including phenoxy) is 3. The molecule has 0 atom stereocenters. The molecule has 1 aromatic carbocycles. The summed E-state index contributed by atoms with van der Waals surface area (Å²) in [6, 6.07) is 5.40. The van der Waals surface area contributed by atoms with Crippen molar-refractivity contribution in [2.75, 3.05) is 34.0 Å². The number of imide groups is 1. The zero-order valence-corrected chi connectivity index (χ0v) is 14.9. The average molecular weight is 351 g/mol. The molecule has 0 saturated carbocycles. The first-order valence-electron chi connectivity index (χ1n) is 7.65. The van der Waals surface area contributed by atoms with Crippen LogP contribution in [0, 0.1) is 0 Å². The van der Waals surface area contributed by atoms with Gasteiger partial charge < -0.3 is 14.2 Å². The minimum atomic E-state index is -0.269. The maximum atomic E-state index is 12.4. The van der Waals surface area contributed by atoms with Crippen LogP contribution in [-0.2, 0) is 9.53 Å². The van der Waals surface area contributed by atoms with Crippen molar-refractivity contribution in [1.82, 2.24) is 4.90 Å². The van der Waals surface area contributed by atoms with Crippen LogP contribution in [-0.4, -0.2) is 50.0 Å². The zero-order chi connectivity index (χ0) is 17.5. The number of rotatable bonds is 8. The Bertz CT molecular complexity index is 644. The highest BCUT2D eigenvalue weighted by atomic mass is 32.2. The van der Waals surface area contributed by atoms with Crippen LogP contribution in [0.3, 0.4) is 0 Å². The van der Waals surface area contributed by atoms with E-state index in [1.54, 1.807) is 32.4 Å². The van der Waals surface area contributed by atoms with Gasteiger partial charge in [0.25, 0.3) is 11.1 Å². The van der Waals surface area contributed by atoms with Gasteiger partial charge in [-0.2, -0.15) is 0 Å². The van der Waals surface area contributed by atoms with Crippen LogP contribution < -0.4 is 9.47 Å². The van der Waals surface area contributed by atoms with Crippen LogP contribution in [0.1, 0.15) is 18.9 Å². The number of hydrogen-bond donors (Lipinski definition) is 0. The first-order chi connectivity index (χ1) is 11.6. The lowest BCUT2D eigenvalue weighted by atomic mass is 10.2. The van der Waals surface area contributed by atoms with Gasteiger partial charge in [0.05, 0.1) is 18.6 Å². The molecule has 0 N–H and O–H groups in total. The second kappa shape index (κ2) is 8.75. The van der Waals surface area contributed by atoms with Gasteiger partial charge in [-0.05, 0) is 48.9 Å². The van der Waals surface area contributed by atoms with Crippen LogP contribution >= 0.6 is 11.8 Å². The second-order valence-electron chi connectivity index (χ2n) is 5.02. The number of thioether (sulfide) groups is 1. The van der Waals surface area contributed by atoms with Gasteiger partial charge in [-0.15, -0.1) is 0 Å². The molecule has 0 radical (unpaired) electrons. The Morgan fingerprint density at radius 3 is 2.67 bits per heavy atom. The maximum Gasteiger partial charge on any atom is 0.293 e. The van der Waals surface area contributed by atoms with Crippen LogP contribution in [0.15, 0.2) is 23.1 Å². The molecule has 1 saturated heterocycles. The van der Waals surface area contributed by atoms with Crippen molar-refractivity contribution in [3.05, 3.63) is 28.7 Å². The molecule has 0 spiro atoms. The monoisotopic (exact) mass is 351 g/mol. The summed E-state index contributed by atoms with van der Waals surface area (Å²) in [5.41, 5.74) is 0.776. The smallest absolute Gasteiger partial charge is 0.293 e. The Labute approximate surface area is 145 Å². The van der Waals surface area contributed by atoms with Crippen molar-refractivity contribution in [3.8, 4) is 11.5 Å². The van der Waals surface area contributed by atoms with Crippen molar-refractivity contribution in [3.63, 3.8) is 0 Å². The van der Waals surface area contributed by atoms with Gasteiger partial charge in [-0.1, -0.05) is 6.07 Å². The minimum Gasteiger partial charge on any atom is -0.493 e. The van der Waals surface area contributed by atoms with Gasteiger partial charge in [0, 0.05) is 20.3 Å². The zero-order valence-electron chi connectivity index (χ0n) is 14.0. The third-order valence-electron chi connectivity index (χ3n) is 3.39. The van der Waals surface area contributed by atoms with E-state index in [2.05, 4.69) is 0 Å². The summed E-state index contributed by atoms with van der Waals surface area (Å²) in [6.45, 7) is 3.31. The number of benzene rings is 1. The molecule has 1 aliphatic rings. The molecule has 1 aliphatic heterocycles. The normalized spacial score (nSPS) is 16.1. The Morgan fingerprint density at radius 1 is 1.21 bits per heavy atom. The van der Waals surface area contributed by atoms with E-state index in [4.69, 9.17) is 14.2 Å². The average Bonchev–Trinajstić information content (AvgIpc) is 2.84. The number of nitrogens with zero attached hydrogens (tertiary/aromatic N) is 1. The van der Waals surface area contributed by atoms with Crippen LogP contribution in [0.4, 0.5) is 4.79 Å². The quantitative estimate of drug-likeness (QED) is 0.529. The highest BCUT2D eigenvalue weighted by Gasteiger charge is 2.34. The Morgan fingerprint density at radius 2 is 2.00 bits per heavy atom. The van der Waals surface area contributed by atoms with E-state index in [1.807, 2.05) is 13.0 Å². The molecule has 130 valence electrons. The second-order valence-corrected chi connectivity index (χ2v) is 6.02. The third-order valence-corrected chi connectivity index (χ3v) is 4.30. The molecule has 2 rings (SSSR count). The first kappa shape index (κ1) is 18.4. The summed E-state index contributed by atoms with van der Waals surface area (Å²) in [5.74, 6) is 0.962. The lowest BCUT2D eigenvalue weighted by Crippen LogP contribution is -2.29. The molecular weight excluding hydrogens is 330 g/mol. The van der Waals surface area contributed by atoms with Crippen LogP contribution in [0.25, 0.3) is 6.08 Å². The van der Waals surface area contributed by atoms with E-state index in [-0.39, 0.29) is 11.1 Å². The molecule has 0 aromatic heterocycles. The standard InChI is InChI=1S/C17H21NO5S/c1-4-23-13-7-6-12(10-14(13)22-3)11-15-16(19)18(17(20)24-15)8-5-9-21-2/h6-7,10-11H,4-5,8-9H2,1-3H3/b15-11+. The highest BCUT2D eigenvalue weighted by Crippen LogP contribution is 2.34. The molecule has 24 heavy (non-hydrogen) atoms. The summed E-state index contributed by atoms with van der Waals surface area (Å²) in [5, 5.41) is -0.250. The van der Waals surface area contributed by atoms with Crippen molar-refractivity contribution in [2.45, 2.75) is 13.3 Å². The fraction of sp³-hybridized carbons (Fsp3) is 0.412. The lowest BCUT2D eigenvalue weighted by molar-refractivity contribution is -0.122. The number of amides is 2. The Balaban J connectivity index is 2.16. The molecule has 0 unspecified atom stereocenters. The topological polar surface area (TPSA) is 65.1 Å². The van der Waals surface area contributed by atoms with E-state index >= 15 is 0 Å². The molecule has 7 heteroatoms. The van der Waals surface area contributed by atoms with E-state index in [1.165, 1.54) is 4.90 Å². The molecule has 6 nitrogen and oxygen atoms in total. The van der Waals surface area contributed by atoms with Gasteiger partial charge in [0.1, 0.15) is 0 Å². The molecule has 1 aromatic rings. The number of hydrogen-bond acceptors (Lipinski definition) is 6. The molecule has 2 amide bonds. The third kappa shape index (κ3) is 4.30. The summed E-state index contributed by atoms with van der Waals surface area (Å²) >= 11 is 0.948. The lowest BCUT2D eigenvalue weighted by Gasteiger charge is -2.11. The highest BCUT2D eigenvalue weighted by molar-refractivity contribution is 8.18. The number of carbonyl (C=O) groups is 2. The van der Waals surface area contributed by atoms with Crippen molar-refractivity contribution >= 4 is 29.0 Å². The summed E-state index contributed by atoms with van der Waals surface area (Å²) < 4.78 is 15.7. The molecule has 0 aliphatic carbocycles. The predicted molar refractivity (Wildman–Crippen MR) is 93.3 cm³/mol. The fourth-order valence-corrected chi connectivity index (χ4v) is 3.12. The van der Waals surface area contributed by atoms with Gasteiger partial charge in [0.15, 0.2) is 11.5 Å². The van der Waals surface area contributed by atoms with Gasteiger partial charge >= 0.3 is 0 Å². The van der Waals surface area contributed by atoms with E-state index < -0.39 is 0 Å². The summed E-state index contributed by atoms with van der Waals surface area (Å²) in [7, 11) is 3.15. The summed E-state index contributed by atoms with van der Waals surface area (Å²) in [6.07, 6.45) is 2.32. The van der Waals surface area contributed by atoms with E-state index in [9.17, 15) is 9.59 Å². The molecular formula is C17H21NO5S. The Kier molecular flexibility index (Phi) is 6.69. The Hall–Kier alpha value is -1.99. The largest absolute Gasteiger partial charge is 0.493 e. The fourth-order valence-electron chi connectivity index (χ4n) is 2.26. The van der Waals surface area contributed by atoms with Crippen molar-refractivity contribution < 1.29 is 23.8 Å². The SMILES string of the molecule is CCOc1ccc(/C=C2/SC(=O)N(CCCOC)C2=O)cc1OC. The number of carbonyl (C=O) groups excluding carboxylic acids is 2. The molecule has 0 bridgehead atoms. The maximum absolute atomic E-state index is 12.4. The summed E-state index contributed by atoms with van der Waals surface area (Å²) in [4.78, 5) is 26.0. The molecule has 1 fully saturated rings. The minimum absolute atomic E-state index is 0.250. The van der Waals surface area contributed by atoms with Crippen molar-refractivity contribution in [1.29, 1.82) is 0 Å². The molecule has 1 heterocycles. The number of methoxy groups -OCH3 is 2. The van der Waals surface area contributed by atoms with E-state index in [0.29, 0.717) is 42.6 Å². The first-order valence-corrected chi connectivity index (χ1v) is 8.47. The van der Waals surface area contributed by atoms with Gasteiger partial charge in [-0.25, -0.2) is 0 Å². The van der Waals surface area contributed by atoms with Gasteiger partial charge in [0.2, 0.25) is 0 Å². The van der Waals surface area contributed by atoms with Crippen LogP contribution in [0.2, 0.25) is 0 Å². The van der Waals surface area contributed by atoms with Crippen LogP contribution in [0.5, 0.6) is 11.5 Å².